The summed E-state index contributed by atoms with van der Waals surface area (Å²) in [6.07, 6.45) is -3.44. The van der Waals surface area contributed by atoms with Gasteiger partial charge >= 0.3 is 6.18 Å². The molecule has 116 valence electrons. The third-order valence-electron chi connectivity index (χ3n) is 3.82. The number of alkyl halides is 3. The molecule has 2 saturated heterocycles. The Labute approximate surface area is 128 Å². The Balaban J connectivity index is 1.82. The van der Waals surface area contributed by atoms with Crippen LogP contribution in [0.3, 0.4) is 0 Å². The van der Waals surface area contributed by atoms with E-state index in [4.69, 9.17) is 4.74 Å². The maximum absolute atomic E-state index is 12.9. The van der Waals surface area contributed by atoms with E-state index in [1.807, 2.05) is 4.90 Å². The van der Waals surface area contributed by atoms with E-state index < -0.39 is 11.7 Å². The lowest BCUT2D eigenvalue weighted by Crippen LogP contribution is -2.58. The van der Waals surface area contributed by atoms with Gasteiger partial charge in [0.05, 0.1) is 24.3 Å². The molecule has 2 aliphatic heterocycles. The zero-order valence-electron chi connectivity index (χ0n) is 11.2. The van der Waals surface area contributed by atoms with E-state index in [-0.39, 0.29) is 16.7 Å². The number of piperidine rings is 1. The number of anilines is 1. The van der Waals surface area contributed by atoms with Crippen LogP contribution in [0.1, 0.15) is 12.0 Å². The Morgan fingerprint density at radius 2 is 2.19 bits per heavy atom. The molecule has 0 spiro atoms. The largest absolute Gasteiger partial charge is 0.416 e. The fourth-order valence-corrected chi connectivity index (χ4v) is 3.23. The van der Waals surface area contributed by atoms with Gasteiger partial charge in [0.25, 0.3) is 0 Å². The van der Waals surface area contributed by atoms with Crippen molar-refractivity contribution in [3.63, 3.8) is 0 Å². The molecule has 0 amide bonds. The first-order valence-electron chi connectivity index (χ1n) is 6.78. The van der Waals surface area contributed by atoms with Gasteiger partial charge in [-0.25, -0.2) is 4.98 Å². The summed E-state index contributed by atoms with van der Waals surface area (Å²) >= 11 is 3.06. The van der Waals surface area contributed by atoms with E-state index in [9.17, 15) is 13.2 Å². The molecule has 2 fully saturated rings. The van der Waals surface area contributed by atoms with Crippen LogP contribution in [0.15, 0.2) is 16.7 Å². The second kappa shape index (κ2) is 5.73. The molecule has 0 aromatic carbocycles. The van der Waals surface area contributed by atoms with Crippen LogP contribution in [0.2, 0.25) is 0 Å². The SMILES string of the molecule is FC(F)(F)c1cc(Br)nc(N2CC[C@H]3OCCN[C@@H]3C2)c1. The smallest absolute Gasteiger partial charge is 0.375 e. The third kappa shape index (κ3) is 3.32. The van der Waals surface area contributed by atoms with Crippen LogP contribution in [0.25, 0.3) is 0 Å². The van der Waals surface area contributed by atoms with Crippen LogP contribution in [0.5, 0.6) is 0 Å². The number of ether oxygens (including phenoxy) is 1. The van der Waals surface area contributed by atoms with Crippen LogP contribution in [0.4, 0.5) is 19.0 Å². The second-order valence-corrected chi connectivity index (χ2v) is 6.05. The van der Waals surface area contributed by atoms with Gasteiger partial charge in [0.2, 0.25) is 0 Å². The zero-order valence-corrected chi connectivity index (χ0v) is 12.7. The van der Waals surface area contributed by atoms with E-state index in [1.54, 1.807) is 0 Å². The lowest BCUT2D eigenvalue weighted by Gasteiger charge is -2.42. The summed E-state index contributed by atoms with van der Waals surface area (Å²) in [6.45, 7) is 2.71. The van der Waals surface area contributed by atoms with Crippen LogP contribution >= 0.6 is 15.9 Å². The fourth-order valence-electron chi connectivity index (χ4n) is 2.80. The minimum atomic E-state index is -4.37. The van der Waals surface area contributed by atoms with Gasteiger partial charge < -0.3 is 15.0 Å². The number of halogens is 4. The summed E-state index contributed by atoms with van der Waals surface area (Å²) in [7, 11) is 0. The average molecular weight is 366 g/mol. The summed E-state index contributed by atoms with van der Waals surface area (Å²) in [4.78, 5) is 6.06. The molecule has 0 bridgehead atoms. The molecule has 21 heavy (non-hydrogen) atoms. The molecular weight excluding hydrogens is 351 g/mol. The van der Waals surface area contributed by atoms with Crippen molar-refractivity contribution in [1.29, 1.82) is 0 Å². The third-order valence-corrected chi connectivity index (χ3v) is 4.23. The van der Waals surface area contributed by atoms with Crippen molar-refractivity contribution in [3.05, 3.63) is 22.3 Å². The zero-order chi connectivity index (χ0) is 15.0. The number of nitrogens with zero attached hydrogens (tertiary/aromatic N) is 2. The Morgan fingerprint density at radius 3 is 2.95 bits per heavy atom. The van der Waals surface area contributed by atoms with Crippen LogP contribution < -0.4 is 10.2 Å². The molecule has 0 radical (unpaired) electrons. The number of pyridine rings is 1. The number of nitrogens with one attached hydrogen (secondary N) is 1. The van der Waals surface area contributed by atoms with Gasteiger partial charge in [-0.15, -0.1) is 0 Å². The lowest BCUT2D eigenvalue weighted by atomic mass is 10.0. The summed E-state index contributed by atoms with van der Waals surface area (Å²) in [6, 6.07) is 2.25. The van der Waals surface area contributed by atoms with E-state index in [0.29, 0.717) is 25.5 Å². The van der Waals surface area contributed by atoms with Crippen molar-refractivity contribution in [1.82, 2.24) is 10.3 Å². The van der Waals surface area contributed by atoms with Gasteiger partial charge in [-0.1, -0.05) is 0 Å². The number of rotatable bonds is 1. The van der Waals surface area contributed by atoms with Crippen molar-refractivity contribution < 1.29 is 17.9 Å². The molecule has 1 aromatic heterocycles. The molecular formula is C13H15BrF3N3O. The van der Waals surface area contributed by atoms with Gasteiger partial charge in [0.15, 0.2) is 0 Å². The highest BCUT2D eigenvalue weighted by Crippen LogP contribution is 2.33. The van der Waals surface area contributed by atoms with Crippen molar-refractivity contribution in [2.45, 2.75) is 24.7 Å². The molecule has 2 aliphatic rings. The first-order chi connectivity index (χ1) is 9.93. The van der Waals surface area contributed by atoms with E-state index in [1.165, 1.54) is 0 Å². The Hall–Kier alpha value is -0.860. The molecule has 0 saturated carbocycles. The quantitative estimate of drug-likeness (QED) is 0.775. The predicted octanol–water partition coefficient (Wildman–Crippen LogP) is 2.43. The Morgan fingerprint density at radius 1 is 1.38 bits per heavy atom. The first-order valence-corrected chi connectivity index (χ1v) is 7.57. The van der Waals surface area contributed by atoms with Crippen molar-refractivity contribution in [2.24, 2.45) is 0 Å². The highest BCUT2D eigenvalue weighted by atomic mass is 79.9. The van der Waals surface area contributed by atoms with Gasteiger partial charge in [-0.05, 0) is 34.5 Å². The molecule has 3 heterocycles. The van der Waals surface area contributed by atoms with Crippen molar-refractivity contribution >= 4 is 21.7 Å². The number of aromatic nitrogens is 1. The van der Waals surface area contributed by atoms with E-state index >= 15 is 0 Å². The predicted molar refractivity (Wildman–Crippen MR) is 75.3 cm³/mol. The van der Waals surface area contributed by atoms with E-state index in [0.717, 1.165) is 25.1 Å². The molecule has 0 aliphatic carbocycles. The number of morpholine rings is 1. The summed E-state index contributed by atoms with van der Waals surface area (Å²) in [5.41, 5.74) is -0.686. The van der Waals surface area contributed by atoms with Gasteiger partial charge in [-0.2, -0.15) is 13.2 Å². The molecule has 3 rings (SSSR count). The first kappa shape index (κ1) is 15.1. The second-order valence-electron chi connectivity index (χ2n) is 5.24. The maximum atomic E-state index is 12.9. The van der Waals surface area contributed by atoms with Crippen LogP contribution in [-0.2, 0) is 10.9 Å². The number of hydrogen-bond donors (Lipinski definition) is 1. The lowest BCUT2D eigenvalue weighted by molar-refractivity contribution is -0.137. The molecule has 8 heteroatoms. The average Bonchev–Trinajstić information content (AvgIpc) is 2.45. The van der Waals surface area contributed by atoms with E-state index in [2.05, 4.69) is 26.2 Å². The van der Waals surface area contributed by atoms with Gasteiger partial charge in [-0.3, -0.25) is 0 Å². The minimum absolute atomic E-state index is 0.141. The normalized spacial score (nSPS) is 26.6. The summed E-state index contributed by atoms with van der Waals surface area (Å²) in [5.74, 6) is 0.350. The molecule has 2 atom stereocenters. The monoisotopic (exact) mass is 365 g/mol. The Kier molecular flexibility index (Phi) is 4.11. The van der Waals surface area contributed by atoms with Gasteiger partial charge in [0, 0.05) is 19.6 Å². The molecule has 1 aromatic rings. The minimum Gasteiger partial charge on any atom is -0.375 e. The Bertz CT molecular complexity index is 526. The van der Waals surface area contributed by atoms with Gasteiger partial charge in [0.1, 0.15) is 10.4 Å². The highest BCUT2D eigenvalue weighted by molar-refractivity contribution is 9.10. The topological polar surface area (TPSA) is 37.4 Å². The maximum Gasteiger partial charge on any atom is 0.416 e. The number of hydrogen-bond acceptors (Lipinski definition) is 4. The summed E-state index contributed by atoms with van der Waals surface area (Å²) in [5, 5.41) is 3.35. The van der Waals surface area contributed by atoms with Crippen molar-refractivity contribution in [2.75, 3.05) is 31.1 Å². The van der Waals surface area contributed by atoms with Crippen LogP contribution in [0, 0.1) is 0 Å². The standard InChI is InChI=1S/C13H15BrF3N3O/c14-11-5-8(13(15,16)17)6-12(19-11)20-3-1-10-9(7-20)18-2-4-21-10/h5-6,9-10,18H,1-4,7H2/t9-,10-/m1/s1. The molecule has 0 unspecified atom stereocenters. The molecule has 1 N–H and O–H groups in total. The van der Waals surface area contributed by atoms with Crippen molar-refractivity contribution in [3.8, 4) is 0 Å². The summed E-state index contributed by atoms with van der Waals surface area (Å²) < 4.78 is 44.5. The fraction of sp³-hybridized carbons (Fsp3) is 0.615. The highest BCUT2D eigenvalue weighted by Gasteiger charge is 2.35. The van der Waals surface area contributed by atoms with Crippen LogP contribution in [-0.4, -0.2) is 43.4 Å². The molecule has 4 nitrogen and oxygen atoms in total. The number of fused-ring (bicyclic) bond motifs is 1.